The van der Waals surface area contributed by atoms with Gasteiger partial charge in [0.15, 0.2) is 0 Å². The molecule has 0 saturated heterocycles. The molecular weight excluding hydrogens is 576 g/mol. The maximum Gasteiger partial charge on any atom is 0.145 e. The number of aromatic nitrogens is 2. The lowest BCUT2D eigenvalue weighted by Gasteiger charge is -2.19. The molecule has 1 unspecified atom stereocenters. The third-order valence-electron chi connectivity index (χ3n) is 10.1. The molecule has 0 saturated carbocycles. The minimum atomic E-state index is 0.00556. The van der Waals surface area contributed by atoms with Crippen molar-refractivity contribution in [3.8, 4) is 16.8 Å². The summed E-state index contributed by atoms with van der Waals surface area (Å²) in [6, 6.07) is 34.4. The molecule has 0 spiro atoms. The van der Waals surface area contributed by atoms with Crippen molar-refractivity contribution in [3.63, 3.8) is 0 Å². The van der Waals surface area contributed by atoms with Crippen LogP contribution in [0.4, 0.5) is 5.69 Å². The fraction of sp³-hybridized carbons (Fsp3) is 0.0952. The molecule has 5 nitrogen and oxygen atoms in total. The molecule has 0 radical (unpaired) electrons. The molecule has 10 rings (SSSR count). The summed E-state index contributed by atoms with van der Waals surface area (Å²) in [5, 5.41) is 5.75. The first-order valence-electron chi connectivity index (χ1n) is 16.4. The quantitative estimate of drug-likeness (QED) is 0.196. The van der Waals surface area contributed by atoms with Crippen LogP contribution in [-0.4, -0.2) is 15.2 Å². The second-order valence-electron chi connectivity index (χ2n) is 12.8. The molecule has 3 heterocycles. The Morgan fingerprint density at radius 2 is 1.53 bits per heavy atom. The Morgan fingerprint density at radius 1 is 0.702 bits per heavy atom. The number of hydrogen-bond acceptors (Lipinski definition) is 3. The average molecular weight is 609 g/mol. The molecular formula is C42H32N4O. The summed E-state index contributed by atoms with van der Waals surface area (Å²) < 4.78 is 11.4. The first kappa shape index (κ1) is 26.4. The van der Waals surface area contributed by atoms with Crippen molar-refractivity contribution in [2.45, 2.75) is 25.3 Å². The minimum Gasteiger partial charge on any atom is -0.455 e. The summed E-state index contributed by atoms with van der Waals surface area (Å²) in [5.74, 6) is 0. The number of nitrogens with two attached hydrogens (primary N) is 2. The molecule has 8 aromatic rings. The van der Waals surface area contributed by atoms with Crippen LogP contribution >= 0.6 is 0 Å². The van der Waals surface area contributed by atoms with E-state index in [1.165, 1.54) is 16.6 Å². The molecule has 4 N–H and O–H groups in total. The molecule has 47 heavy (non-hydrogen) atoms. The highest BCUT2D eigenvalue weighted by molar-refractivity contribution is 6.24. The zero-order valence-electron chi connectivity index (χ0n) is 25.8. The van der Waals surface area contributed by atoms with Crippen molar-refractivity contribution in [1.29, 1.82) is 0 Å². The summed E-state index contributed by atoms with van der Waals surface area (Å²) in [5.41, 5.74) is 26.1. The number of benzene rings is 5. The smallest absolute Gasteiger partial charge is 0.145 e. The molecule has 5 heteroatoms. The number of hydrogen-bond donors (Lipinski definition) is 2. The number of anilines is 1. The fourth-order valence-corrected chi connectivity index (χ4v) is 8.04. The second-order valence-corrected chi connectivity index (χ2v) is 12.8. The summed E-state index contributed by atoms with van der Waals surface area (Å²) >= 11 is 0. The molecule has 2 aliphatic carbocycles. The van der Waals surface area contributed by atoms with Crippen LogP contribution in [0.3, 0.4) is 0 Å². The summed E-state index contributed by atoms with van der Waals surface area (Å²) in [6.07, 6.45) is 14.0. The molecule has 0 amide bonds. The van der Waals surface area contributed by atoms with Crippen molar-refractivity contribution < 1.29 is 4.42 Å². The summed E-state index contributed by atoms with van der Waals surface area (Å²) in [7, 11) is 0. The maximum absolute atomic E-state index is 6.93. The van der Waals surface area contributed by atoms with Crippen LogP contribution in [0, 0.1) is 0 Å². The number of allylic oxidation sites excluding steroid dienone is 4. The topological polar surface area (TPSA) is 75.0 Å². The molecule has 3 aromatic heterocycles. The predicted molar refractivity (Wildman–Crippen MR) is 197 cm³/mol. The monoisotopic (exact) mass is 608 g/mol. The molecule has 1 atom stereocenters. The van der Waals surface area contributed by atoms with Gasteiger partial charge in [0.1, 0.15) is 11.2 Å². The van der Waals surface area contributed by atoms with Gasteiger partial charge in [-0.15, -0.1) is 0 Å². The second kappa shape index (κ2) is 9.86. The van der Waals surface area contributed by atoms with E-state index in [-0.39, 0.29) is 6.04 Å². The Bertz CT molecular complexity index is 2690. The van der Waals surface area contributed by atoms with Crippen LogP contribution in [0.25, 0.3) is 83.2 Å². The standard InChI is InChI=1S/C42H32N4O/c43-26-18-21-35-31(24-26)28-11-4-6-14-34(28)46(35)37-15-8-13-33(44)40(37)25-17-20-36-32(23-25)41-38(45(36)27-9-2-1-3-10-27)22-19-30-29-12-5-7-16-39(29)47-42(30)41/h2,4-23,26H,1,3,24,43-44H2. The van der Waals surface area contributed by atoms with Crippen molar-refractivity contribution in [3.05, 3.63) is 133 Å². The van der Waals surface area contributed by atoms with Crippen LogP contribution in [-0.2, 0) is 6.42 Å². The first-order valence-corrected chi connectivity index (χ1v) is 16.4. The molecule has 226 valence electrons. The van der Waals surface area contributed by atoms with Gasteiger partial charge in [-0.2, -0.15) is 0 Å². The predicted octanol–water partition coefficient (Wildman–Crippen LogP) is 9.97. The third kappa shape index (κ3) is 3.75. The Hall–Kier alpha value is -5.78. The Morgan fingerprint density at radius 3 is 2.43 bits per heavy atom. The lowest BCUT2D eigenvalue weighted by Crippen LogP contribution is -2.22. The highest BCUT2D eigenvalue weighted by atomic mass is 16.3. The minimum absolute atomic E-state index is 0.00556. The number of rotatable bonds is 3. The van der Waals surface area contributed by atoms with Crippen molar-refractivity contribution in [2.24, 2.45) is 5.73 Å². The third-order valence-corrected chi connectivity index (χ3v) is 10.1. The van der Waals surface area contributed by atoms with Gasteiger partial charge in [0.05, 0.1) is 27.6 Å². The highest BCUT2D eigenvalue weighted by Gasteiger charge is 2.25. The summed E-state index contributed by atoms with van der Waals surface area (Å²) in [6.45, 7) is 0. The molecule has 0 bridgehead atoms. The highest BCUT2D eigenvalue weighted by Crippen LogP contribution is 2.44. The van der Waals surface area contributed by atoms with Gasteiger partial charge >= 0.3 is 0 Å². The molecule has 5 aromatic carbocycles. The fourth-order valence-electron chi connectivity index (χ4n) is 8.04. The maximum atomic E-state index is 6.93. The zero-order chi connectivity index (χ0) is 31.2. The number of fused-ring (bicyclic) bond motifs is 10. The van der Waals surface area contributed by atoms with Gasteiger partial charge < -0.3 is 25.0 Å². The SMILES string of the molecule is Nc1cccc(-n2c3c(c4ccccc42)CC(N)C=C3)c1-c1ccc2c(c1)c1c3oc4ccccc4c3ccc1n2C1=CCCC=C1. The van der Waals surface area contributed by atoms with Crippen LogP contribution in [0.2, 0.25) is 0 Å². The normalized spacial score (nSPS) is 16.2. The molecule has 0 aliphatic heterocycles. The Kier molecular flexibility index (Phi) is 5.55. The van der Waals surface area contributed by atoms with Crippen LogP contribution in [0.1, 0.15) is 24.1 Å². The van der Waals surface area contributed by atoms with Crippen LogP contribution in [0.15, 0.2) is 126 Å². The van der Waals surface area contributed by atoms with E-state index in [0.717, 1.165) is 96.7 Å². The average Bonchev–Trinajstić information content (AvgIpc) is 3.75. The number of para-hydroxylation sites is 2. The van der Waals surface area contributed by atoms with Gasteiger partial charge in [-0.1, -0.05) is 66.8 Å². The zero-order valence-corrected chi connectivity index (χ0v) is 25.8. The van der Waals surface area contributed by atoms with E-state index in [4.69, 9.17) is 15.9 Å². The van der Waals surface area contributed by atoms with E-state index in [1.807, 2.05) is 12.1 Å². The Balaban J connectivity index is 1.29. The van der Waals surface area contributed by atoms with E-state index >= 15 is 0 Å². The molecule has 2 aliphatic rings. The van der Waals surface area contributed by atoms with Crippen LogP contribution < -0.4 is 11.5 Å². The summed E-state index contributed by atoms with van der Waals surface area (Å²) in [4.78, 5) is 0. The van der Waals surface area contributed by atoms with Gasteiger partial charge in [0.2, 0.25) is 0 Å². The first-order chi connectivity index (χ1) is 23.2. The van der Waals surface area contributed by atoms with E-state index in [1.54, 1.807) is 0 Å². The van der Waals surface area contributed by atoms with Gasteiger partial charge in [-0.3, -0.25) is 0 Å². The van der Waals surface area contributed by atoms with Gasteiger partial charge in [0, 0.05) is 50.2 Å². The van der Waals surface area contributed by atoms with Crippen molar-refractivity contribution >= 4 is 72.1 Å². The van der Waals surface area contributed by atoms with Crippen molar-refractivity contribution in [1.82, 2.24) is 9.13 Å². The molecule has 0 fully saturated rings. The lowest BCUT2D eigenvalue weighted by molar-refractivity contribution is 0.673. The van der Waals surface area contributed by atoms with Crippen LogP contribution in [0.5, 0.6) is 0 Å². The van der Waals surface area contributed by atoms with Crippen molar-refractivity contribution in [2.75, 3.05) is 5.73 Å². The van der Waals surface area contributed by atoms with Gasteiger partial charge in [-0.05, 0) is 91.1 Å². The van der Waals surface area contributed by atoms with E-state index in [9.17, 15) is 0 Å². The number of nitrogens with zero attached hydrogens (tertiary/aromatic N) is 2. The van der Waals surface area contributed by atoms with Gasteiger partial charge in [0.25, 0.3) is 0 Å². The Labute approximate surface area is 271 Å². The lowest BCUT2D eigenvalue weighted by atomic mass is 9.97. The number of furan rings is 1. The van der Waals surface area contributed by atoms with E-state index in [0.29, 0.717) is 0 Å². The van der Waals surface area contributed by atoms with E-state index < -0.39 is 0 Å². The largest absolute Gasteiger partial charge is 0.455 e. The van der Waals surface area contributed by atoms with Gasteiger partial charge in [-0.25, -0.2) is 0 Å². The number of nitrogen functional groups attached to an aromatic ring is 1. The van der Waals surface area contributed by atoms with E-state index in [2.05, 4.69) is 124 Å².